The highest BCUT2D eigenvalue weighted by Gasteiger charge is 2.31. The number of aliphatic hydroxyl groups is 1. The molecule has 0 saturated heterocycles. The number of halogens is 1. The van der Waals surface area contributed by atoms with E-state index in [0.717, 1.165) is 37.2 Å². The van der Waals surface area contributed by atoms with Gasteiger partial charge in [-0.1, -0.05) is 11.6 Å². The quantitative estimate of drug-likeness (QED) is 0.838. The maximum atomic E-state index is 10.2. The molecule has 1 atom stereocenters. The fraction of sp³-hybridized carbons (Fsp3) is 0.625. The van der Waals surface area contributed by atoms with Gasteiger partial charge in [-0.25, -0.2) is 0 Å². The van der Waals surface area contributed by atoms with Crippen molar-refractivity contribution in [1.29, 1.82) is 0 Å². The number of ether oxygens (including phenoxy) is 2. The Morgan fingerprint density at radius 1 is 1.40 bits per heavy atom. The molecule has 1 aliphatic carbocycles. The van der Waals surface area contributed by atoms with Crippen LogP contribution < -0.4 is 4.74 Å². The lowest BCUT2D eigenvalue weighted by Crippen LogP contribution is -2.34. The summed E-state index contributed by atoms with van der Waals surface area (Å²) in [4.78, 5) is 0. The minimum Gasteiger partial charge on any atom is -0.496 e. The predicted molar refractivity (Wildman–Crippen MR) is 80.5 cm³/mol. The highest BCUT2D eigenvalue weighted by molar-refractivity contribution is 6.30. The maximum absolute atomic E-state index is 10.2. The van der Waals surface area contributed by atoms with Crippen molar-refractivity contribution in [3.8, 4) is 5.75 Å². The molecule has 1 aromatic rings. The van der Waals surface area contributed by atoms with Crippen LogP contribution in [0.5, 0.6) is 5.75 Å². The van der Waals surface area contributed by atoms with Gasteiger partial charge < -0.3 is 14.6 Å². The molecule has 0 radical (unpaired) electrons. The molecule has 3 nitrogen and oxygen atoms in total. The van der Waals surface area contributed by atoms with Crippen molar-refractivity contribution >= 4 is 11.6 Å². The normalized spacial score (nSPS) is 23.2. The highest BCUT2D eigenvalue weighted by Crippen LogP contribution is 2.34. The molecule has 4 heteroatoms. The van der Waals surface area contributed by atoms with Crippen molar-refractivity contribution in [2.24, 2.45) is 5.92 Å². The first-order chi connectivity index (χ1) is 9.62. The van der Waals surface area contributed by atoms with Gasteiger partial charge in [-0.2, -0.15) is 0 Å². The fourth-order valence-corrected chi connectivity index (χ4v) is 3.06. The minimum absolute atomic E-state index is 0.352. The third-order valence-electron chi connectivity index (χ3n) is 3.90. The van der Waals surface area contributed by atoms with Crippen molar-refractivity contribution in [1.82, 2.24) is 0 Å². The monoisotopic (exact) mass is 298 g/mol. The van der Waals surface area contributed by atoms with Gasteiger partial charge in [-0.15, -0.1) is 0 Å². The van der Waals surface area contributed by atoms with Crippen LogP contribution in [-0.4, -0.2) is 31.0 Å². The van der Waals surface area contributed by atoms with Crippen LogP contribution in [0.2, 0.25) is 5.02 Å². The van der Waals surface area contributed by atoms with Crippen LogP contribution >= 0.6 is 11.6 Å². The standard InChI is InChI=1S/C16H23ClO3/c1-3-20-15-7-11(8-15)6-14(18)10-12-9-13(17)4-5-16(12)19-2/h4-5,9,11,14-15,18H,3,6-8,10H2,1-2H3. The van der Waals surface area contributed by atoms with E-state index >= 15 is 0 Å². The van der Waals surface area contributed by atoms with Gasteiger partial charge in [0.25, 0.3) is 0 Å². The van der Waals surface area contributed by atoms with Gasteiger partial charge in [0.1, 0.15) is 5.75 Å². The number of rotatable bonds is 7. The number of hydrogen-bond donors (Lipinski definition) is 1. The number of hydrogen-bond acceptors (Lipinski definition) is 3. The topological polar surface area (TPSA) is 38.7 Å². The molecule has 0 amide bonds. The van der Waals surface area contributed by atoms with Gasteiger partial charge in [0.2, 0.25) is 0 Å². The fourth-order valence-electron chi connectivity index (χ4n) is 2.87. The van der Waals surface area contributed by atoms with Gasteiger partial charge in [-0.05, 0) is 55.9 Å². The zero-order valence-corrected chi connectivity index (χ0v) is 12.9. The molecule has 0 bridgehead atoms. The van der Waals surface area contributed by atoms with E-state index in [1.807, 2.05) is 19.1 Å². The first kappa shape index (κ1) is 15.6. The van der Waals surface area contributed by atoms with E-state index in [0.29, 0.717) is 23.5 Å². The van der Waals surface area contributed by atoms with Gasteiger partial charge >= 0.3 is 0 Å². The summed E-state index contributed by atoms with van der Waals surface area (Å²) in [6.07, 6.45) is 3.58. The Morgan fingerprint density at radius 3 is 2.80 bits per heavy atom. The van der Waals surface area contributed by atoms with E-state index < -0.39 is 0 Å². The van der Waals surface area contributed by atoms with Crippen LogP contribution in [0.1, 0.15) is 31.7 Å². The van der Waals surface area contributed by atoms with Gasteiger partial charge in [-0.3, -0.25) is 0 Å². The van der Waals surface area contributed by atoms with E-state index in [2.05, 4.69) is 0 Å². The van der Waals surface area contributed by atoms with E-state index in [1.165, 1.54) is 0 Å². The van der Waals surface area contributed by atoms with E-state index in [4.69, 9.17) is 21.1 Å². The molecule has 0 aromatic heterocycles. The second kappa shape index (κ2) is 7.30. The Balaban J connectivity index is 1.83. The Morgan fingerprint density at radius 2 is 2.15 bits per heavy atom. The number of methoxy groups -OCH3 is 1. The van der Waals surface area contributed by atoms with Crippen molar-refractivity contribution in [2.75, 3.05) is 13.7 Å². The summed E-state index contributed by atoms with van der Waals surface area (Å²) in [5.41, 5.74) is 0.966. The lowest BCUT2D eigenvalue weighted by atomic mass is 9.78. The van der Waals surface area contributed by atoms with Crippen molar-refractivity contribution < 1.29 is 14.6 Å². The molecule has 2 rings (SSSR count). The summed E-state index contributed by atoms with van der Waals surface area (Å²) < 4.78 is 10.8. The Bertz CT molecular complexity index is 430. The van der Waals surface area contributed by atoms with Crippen LogP contribution in [0.15, 0.2) is 18.2 Å². The lowest BCUT2D eigenvalue weighted by Gasteiger charge is -2.36. The highest BCUT2D eigenvalue weighted by atomic mass is 35.5. The second-order valence-corrected chi connectivity index (χ2v) is 5.90. The maximum Gasteiger partial charge on any atom is 0.122 e. The second-order valence-electron chi connectivity index (χ2n) is 5.46. The van der Waals surface area contributed by atoms with Crippen molar-refractivity contribution in [3.05, 3.63) is 28.8 Å². The molecule has 0 heterocycles. The minimum atomic E-state index is -0.352. The van der Waals surface area contributed by atoms with Crippen LogP contribution in [0.4, 0.5) is 0 Å². The van der Waals surface area contributed by atoms with E-state index in [1.54, 1.807) is 13.2 Å². The molecule has 1 fully saturated rings. The molecular weight excluding hydrogens is 276 g/mol. The largest absolute Gasteiger partial charge is 0.496 e. The molecule has 1 aromatic carbocycles. The zero-order chi connectivity index (χ0) is 14.5. The van der Waals surface area contributed by atoms with Crippen LogP contribution in [-0.2, 0) is 11.2 Å². The average Bonchev–Trinajstić information content (AvgIpc) is 2.36. The molecule has 1 saturated carbocycles. The van der Waals surface area contributed by atoms with Gasteiger partial charge in [0, 0.05) is 18.1 Å². The summed E-state index contributed by atoms with van der Waals surface area (Å²) in [5, 5.41) is 10.9. The Labute approximate surface area is 125 Å². The first-order valence-corrected chi connectivity index (χ1v) is 7.62. The molecular formula is C16H23ClO3. The third kappa shape index (κ3) is 4.11. The van der Waals surface area contributed by atoms with Gasteiger partial charge in [0.15, 0.2) is 0 Å². The molecule has 1 aliphatic rings. The Kier molecular flexibility index (Phi) is 5.70. The average molecular weight is 299 g/mol. The molecule has 1 unspecified atom stereocenters. The first-order valence-electron chi connectivity index (χ1n) is 7.24. The van der Waals surface area contributed by atoms with E-state index in [9.17, 15) is 5.11 Å². The Hall–Kier alpha value is -0.770. The predicted octanol–water partition coefficient (Wildman–Crippen LogP) is 3.46. The molecule has 20 heavy (non-hydrogen) atoms. The third-order valence-corrected chi connectivity index (χ3v) is 4.13. The zero-order valence-electron chi connectivity index (χ0n) is 12.1. The molecule has 1 N–H and O–H groups in total. The summed E-state index contributed by atoms with van der Waals surface area (Å²) in [6, 6.07) is 5.51. The molecule has 0 spiro atoms. The van der Waals surface area contributed by atoms with Crippen LogP contribution in [0.25, 0.3) is 0 Å². The van der Waals surface area contributed by atoms with Gasteiger partial charge in [0.05, 0.1) is 19.3 Å². The van der Waals surface area contributed by atoms with Crippen molar-refractivity contribution in [2.45, 2.75) is 44.8 Å². The summed E-state index contributed by atoms with van der Waals surface area (Å²) in [6.45, 7) is 2.80. The summed E-state index contributed by atoms with van der Waals surface area (Å²) >= 11 is 6.00. The van der Waals surface area contributed by atoms with Crippen LogP contribution in [0, 0.1) is 5.92 Å². The molecule has 112 valence electrons. The van der Waals surface area contributed by atoms with Crippen LogP contribution in [0.3, 0.4) is 0 Å². The van der Waals surface area contributed by atoms with E-state index in [-0.39, 0.29) is 6.10 Å². The lowest BCUT2D eigenvalue weighted by molar-refractivity contribution is -0.0376. The smallest absolute Gasteiger partial charge is 0.122 e. The number of aliphatic hydroxyl groups excluding tert-OH is 1. The SMILES string of the molecule is CCOC1CC(CC(O)Cc2cc(Cl)ccc2OC)C1. The summed E-state index contributed by atoms with van der Waals surface area (Å²) in [7, 11) is 1.64. The number of benzene rings is 1. The van der Waals surface area contributed by atoms with Crippen molar-refractivity contribution in [3.63, 3.8) is 0 Å². The molecule has 0 aliphatic heterocycles. The summed E-state index contributed by atoms with van der Waals surface area (Å²) in [5.74, 6) is 1.36.